The third-order valence-electron chi connectivity index (χ3n) is 4.22. The van der Waals surface area contributed by atoms with Crippen LogP contribution in [0, 0.1) is 5.92 Å². The number of halogens is 3. The van der Waals surface area contributed by atoms with E-state index in [-0.39, 0.29) is 0 Å². The van der Waals surface area contributed by atoms with Gasteiger partial charge in [-0.25, -0.2) is 4.98 Å². The summed E-state index contributed by atoms with van der Waals surface area (Å²) in [6.45, 7) is 4.93. The number of hydrogen-bond donors (Lipinski definition) is 1. The van der Waals surface area contributed by atoms with Crippen molar-refractivity contribution in [1.29, 1.82) is 0 Å². The average molecular weight is 327 g/mol. The lowest BCUT2D eigenvalue weighted by molar-refractivity contribution is -0.141. The minimum atomic E-state index is -4.36. The summed E-state index contributed by atoms with van der Waals surface area (Å²) in [5.41, 5.74) is 0.332. The van der Waals surface area contributed by atoms with Crippen LogP contribution in [0.2, 0.25) is 0 Å². The van der Waals surface area contributed by atoms with Crippen LogP contribution in [-0.2, 0) is 32.2 Å². The first-order chi connectivity index (χ1) is 11.0. The minimum Gasteiger partial charge on any atom is -0.334 e. The Morgan fingerprint density at radius 1 is 1.39 bits per heavy atom. The maximum absolute atomic E-state index is 12.7. The molecule has 0 saturated heterocycles. The van der Waals surface area contributed by atoms with E-state index in [0.717, 1.165) is 37.9 Å². The Morgan fingerprint density at radius 2 is 2.22 bits per heavy atom. The van der Waals surface area contributed by atoms with E-state index < -0.39 is 11.9 Å². The lowest BCUT2D eigenvalue weighted by atomic mass is 9.99. The van der Waals surface area contributed by atoms with Gasteiger partial charge in [-0.05, 0) is 25.3 Å². The summed E-state index contributed by atoms with van der Waals surface area (Å²) >= 11 is 0. The fraction of sp³-hybridized carbons (Fsp3) is 0.600. The molecule has 0 unspecified atom stereocenters. The van der Waals surface area contributed by atoms with Gasteiger partial charge in [0.1, 0.15) is 5.82 Å². The molecule has 23 heavy (non-hydrogen) atoms. The van der Waals surface area contributed by atoms with Crippen LogP contribution in [0.4, 0.5) is 13.2 Å². The van der Waals surface area contributed by atoms with E-state index >= 15 is 0 Å². The molecule has 0 aromatic carbocycles. The van der Waals surface area contributed by atoms with Crippen molar-refractivity contribution in [2.45, 2.75) is 45.6 Å². The summed E-state index contributed by atoms with van der Waals surface area (Å²) in [6, 6.07) is 1.97. The molecule has 0 saturated carbocycles. The molecule has 3 heterocycles. The van der Waals surface area contributed by atoms with Crippen molar-refractivity contribution < 1.29 is 13.2 Å². The van der Waals surface area contributed by atoms with Crippen molar-refractivity contribution in [2.75, 3.05) is 6.54 Å². The normalized spacial score (nSPS) is 18.2. The van der Waals surface area contributed by atoms with E-state index in [9.17, 15) is 13.2 Å². The molecular formula is C15H20F3N5. The highest BCUT2D eigenvalue weighted by Crippen LogP contribution is 2.30. The van der Waals surface area contributed by atoms with Crippen LogP contribution in [0.5, 0.6) is 0 Å². The molecule has 5 nitrogen and oxygen atoms in total. The summed E-state index contributed by atoms with van der Waals surface area (Å²) < 4.78 is 41.7. The summed E-state index contributed by atoms with van der Waals surface area (Å²) in [5, 5.41) is 7.60. The lowest BCUT2D eigenvalue weighted by Gasteiger charge is -2.24. The van der Waals surface area contributed by atoms with E-state index in [1.807, 2.05) is 17.7 Å². The molecule has 3 rings (SSSR count). The molecule has 2 aromatic rings. The SMILES string of the molecule is CCn1nccc1CNC[C@H]1CCc2nc(C(F)(F)F)cn2C1. The maximum atomic E-state index is 12.7. The second-order valence-electron chi connectivity index (χ2n) is 5.87. The van der Waals surface area contributed by atoms with Crippen molar-refractivity contribution in [3.05, 3.63) is 35.7 Å². The van der Waals surface area contributed by atoms with Gasteiger partial charge in [-0.15, -0.1) is 0 Å². The van der Waals surface area contributed by atoms with Crippen LogP contribution >= 0.6 is 0 Å². The van der Waals surface area contributed by atoms with E-state index in [0.29, 0.717) is 24.7 Å². The Hall–Kier alpha value is -1.83. The van der Waals surface area contributed by atoms with Crippen molar-refractivity contribution in [3.8, 4) is 0 Å². The fourth-order valence-electron chi connectivity index (χ4n) is 3.02. The van der Waals surface area contributed by atoms with Crippen LogP contribution in [-0.4, -0.2) is 25.9 Å². The number of nitrogens with one attached hydrogen (secondary N) is 1. The molecule has 0 fully saturated rings. The molecule has 1 atom stereocenters. The van der Waals surface area contributed by atoms with E-state index in [2.05, 4.69) is 15.4 Å². The monoisotopic (exact) mass is 327 g/mol. The van der Waals surface area contributed by atoms with Crippen LogP contribution in [0.1, 0.15) is 30.6 Å². The predicted molar refractivity (Wildman–Crippen MR) is 78.6 cm³/mol. The number of imidazole rings is 1. The zero-order chi connectivity index (χ0) is 16.4. The number of alkyl halides is 3. The van der Waals surface area contributed by atoms with Gasteiger partial charge < -0.3 is 9.88 Å². The van der Waals surface area contributed by atoms with Gasteiger partial charge in [0, 0.05) is 45.0 Å². The Morgan fingerprint density at radius 3 is 2.96 bits per heavy atom. The largest absolute Gasteiger partial charge is 0.434 e. The molecule has 0 amide bonds. The molecule has 0 aliphatic carbocycles. The number of aromatic nitrogens is 4. The summed E-state index contributed by atoms with van der Waals surface area (Å²) in [4.78, 5) is 3.71. The molecule has 1 aliphatic heterocycles. The number of aryl methyl sites for hydroxylation is 2. The first-order valence-corrected chi connectivity index (χ1v) is 7.82. The highest BCUT2D eigenvalue weighted by atomic mass is 19.4. The Balaban J connectivity index is 1.54. The van der Waals surface area contributed by atoms with Gasteiger partial charge in [0.15, 0.2) is 5.69 Å². The standard InChI is InChI=1S/C15H20F3N5/c1-2-23-12(5-6-20-23)8-19-7-11-3-4-14-21-13(15(16,17)18)10-22(14)9-11/h5-6,10-11,19H,2-4,7-9H2,1H3/t11-/m1/s1. The minimum absolute atomic E-state index is 0.316. The first-order valence-electron chi connectivity index (χ1n) is 7.82. The Kier molecular flexibility index (Phi) is 4.43. The number of rotatable bonds is 5. The van der Waals surface area contributed by atoms with Gasteiger partial charge in [0.05, 0.1) is 5.69 Å². The topological polar surface area (TPSA) is 47.7 Å². The number of hydrogen-bond acceptors (Lipinski definition) is 3. The molecular weight excluding hydrogens is 307 g/mol. The zero-order valence-corrected chi connectivity index (χ0v) is 13.0. The van der Waals surface area contributed by atoms with Gasteiger partial charge >= 0.3 is 6.18 Å². The van der Waals surface area contributed by atoms with Crippen molar-refractivity contribution in [2.24, 2.45) is 5.92 Å². The molecule has 126 valence electrons. The van der Waals surface area contributed by atoms with Crippen LogP contribution in [0.3, 0.4) is 0 Å². The highest BCUT2D eigenvalue weighted by molar-refractivity contribution is 5.10. The van der Waals surface area contributed by atoms with E-state index in [4.69, 9.17) is 0 Å². The van der Waals surface area contributed by atoms with E-state index in [1.54, 1.807) is 10.8 Å². The van der Waals surface area contributed by atoms with E-state index in [1.165, 1.54) is 0 Å². The maximum Gasteiger partial charge on any atom is 0.434 e. The third kappa shape index (κ3) is 3.57. The lowest BCUT2D eigenvalue weighted by Crippen LogP contribution is -2.30. The Bertz CT molecular complexity index is 658. The molecule has 0 radical (unpaired) electrons. The fourth-order valence-corrected chi connectivity index (χ4v) is 3.02. The van der Waals surface area contributed by atoms with Crippen LogP contribution < -0.4 is 5.32 Å². The molecule has 1 aliphatic rings. The average Bonchev–Trinajstić information content (AvgIpc) is 3.12. The van der Waals surface area contributed by atoms with Crippen molar-refractivity contribution >= 4 is 0 Å². The number of nitrogens with zero attached hydrogens (tertiary/aromatic N) is 4. The summed E-state index contributed by atoms with van der Waals surface area (Å²) in [7, 11) is 0. The van der Waals surface area contributed by atoms with Gasteiger partial charge in [-0.1, -0.05) is 0 Å². The summed E-state index contributed by atoms with van der Waals surface area (Å²) in [6.07, 6.45) is -0.00841. The molecule has 1 N–H and O–H groups in total. The third-order valence-corrected chi connectivity index (χ3v) is 4.22. The molecule has 2 aromatic heterocycles. The van der Waals surface area contributed by atoms with Gasteiger partial charge in [-0.3, -0.25) is 4.68 Å². The second kappa shape index (κ2) is 6.35. The smallest absolute Gasteiger partial charge is 0.334 e. The molecule has 8 heteroatoms. The molecule has 0 spiro atoms. The zero-order valence-electron chi connectivity index (χ0n) is 13.0. The van der Waals surface area contributed by atoms with Gasteiger partial charge in [0.2, 0.25) is 0 Å². The molecule has 0 bridgehead atoms. The quantitative estimate of drug-likeness (QED) is 0.918. The van der Waals surface area contributed by atoms with Crippen molar-refractivity contribution in [1.82, 2.24) is 24.6 Å². The van der Waals surface area contributed by atoms with Gasteiger partial charge in [0.25, 0.3) is 0 Å². The van der Waals surface area contributed by atoms with Crippen LogP contribution in [0.25, 0.3) is 0 Å². The van der Waals surface area contributed by atoms with Gasteiger partial charge in [-0.2, -0.15) is 18.3 Å². The number of fused-ring (bicyclic) bond motifs is 1. The van der Waals surface area contributed by atoms with Crippen molar-refractivity contribution in [3.63, 3.8) is 0 Å². The first kappa shape index (κ1) is 16.0. The second-order valence-corrected chi connectivity index (χ2v) is 5.87. The summed E-state index contributed by atoms with van der Waals surface area (Å²) in [5.74, 6) is 0.855. The predicted octanol–water partition coefficient (Wildman–Crippen LogP) is 2.47. The Labute approximate surface area is 132 Å². The van der Waals surface area contributed by atoms with Crippen LogP contribution in [0.15, 0.2) is 18.5 Å². The highest BCUT2D eigenvalue weighted by Gasteiger charge is 2.35.